The summed E-state index contributed by atoms with van der Waals surface area (Å²) < 4.78 is 1.98. The lowest BCUT2D eigenvalue weighted by Gasteiger charge is -2.11. The van der Waals surface area contributed by atoms with E-state index in [9.17, 15) is 19.7 Å². The number of imide groups is 1. The smallest absolute Gasteiger partial charge is 0.329 e. The molecule has 34 heavy (non-hydrogen) atoms. The number of aromatic nitrogens is 1. The molecule has 1 fully saturated rings. The molecule has 3 amide bonds. The largest absolute Gasteiger partial charge is 0.342 e. The van der Waals surface area contributed by atoms with Crippen LogP contribution in [0.3, 0.4) is 0 Å². The topological polar surface area (TPSA) is 97.5 Å². The molecule has 0 bridgehead atoms. The molecule has 0 atom stereocenters. The second kappa shape index (κ2) is 8.67. The molecule has 0 radical (unpaired) electrons. The van der Waals surface area contributed by atoms with Gasteiger partial charge in [-0.1, -0.05) is 60.7 Å². The number of benzene rings is 3. The van der Waals surface area contributed by atoms with E-state index in [0.29, 0.717) is 6.54 Å². The first kappa shape index (κ1) is 21.1. The normalized spacial score (nSPS) is 14.7. The van der Waals surface area contributed by atoms with Gasteiger partial charge >= 0.3 is 6.03 Å². The van der Waals surface area contributed by atoms with Gasteiger partial charge in [-0.15, -0.1) is 0 Å². The molecule has 0 unspecified atom stereocenters. The van der Waals surface area contributed by atoms with E-state index in [1.165, 1.54) is 11.0 Å². The highest BCUT2D eigenvalue weighted by atomic mass is 16.6. The fourth-order valence-electron chi connectivity index (χ4n) is 4.12. The van der Waals surface area contributed by atoms with Crippen LogP contribution in [0.2, 0.25) is 0 Å². The van der Waals surface area contributed by atoms with Gasteiger partial charge in [-0.3, -0.25) is 19.8 Å². The van der Waals surface area contributed by atoms with Crippen LogP contribution < -0.4 is 5.32 Å². The molecule has 168 valence electrons. The maximum atomic E-state index is 13.0. The number of rotatable bonds is 6. The van der Waals surface area contributed by atoms with Crippen molar-refractivity contribution in [2.75, 3.05) is 0 Å². The van der Waals surface area contributed by atoms with E-state index in [0.717, 1.165) is 27.6 Å². The number of hydrogen-bond donors (Lipinski definition) is 1. The molecular weight excluding hydrogens is 432 g/mol. The van der Waals surface area contributed by atoms with E-state index in [-0.39, 0.29) is 23.8 Å². The number of carbonyl (C=O) groups excluding carboxylic acids is 2. The van der Waals surface area contributed by atoms with Crippen molar-refractivity contribution < 1.29 is 14.5 Å². The fourth-order valence-corrected chi connectivity index (χ4v) is 4.12. The van der Waals surface area contributed by atoms with Gasteiger partial charge in [-0.25, -0.2) is 4.79 Å². The number of fused-ring (bicyclic) bond motifs is 1. The summed E-state index contributed by atoms with van der Waals surface area (Å²) in [4.78, 5) is 37.3. The number of para-hydroxylation sites is 1. The molecular formula is C26H20N4O4. The summed E-state index contributed by atoms with van der Waals surface area (Å²) in [5, 5.41) is 14.7. The van der Waals surface area contributed by atoms with Crippen molar-refractivity contribution in [1.29, 1.82) is 0 Å². The SMILES string of the molecule is O=C1N/C(=C/c2cn(Cc3cccc([N+](=O)[O-])c3)c3ccccc23)C(=O)N1Cc1ccccc1. The summed E-state index contributed by atoms with van der Waals surface area (Å²) >= 11 is 0. The number of hydrogen-bond acceptors (Lipinski definition) is 4. The zero-order chi connectivity index (χ0) is 23.7. The van der Waals surface area contributed by atoms with E-state index in [2.05, 4.69) is 5.32 Å². The molecule has 1 aliphatic rings. The lowest BCUT2D eigenvalue weighted by molar-refractivity contribution is -0.384. The van der Waals surface area contributed by atoms with Gasteiger partial charge in [0.1, 0.15) is 5.70 Å². The van der Waals surface area contributed by atoms with Crippen molar-refractivity contribution in [3.05, 3.63) is 118 Å². The van der Waals surface area contributed by atoms with E-state index in [4.69, 9.17) is 0 Å². The minimum absolute atomic E-state index is 0.0362. The van der Waals surface area contributed by atoms with Crippen LogP contribution in [0.5, 0.6) is 0 Å². The molecule has 2 heterocycles. The predicted molar refractivity (Wildman–Crippen MR) is 128 cm³/mol. The van der Waals surface area contributed by atoms with Crippen molar-refractivity contribution in [2.24, 2.45) is 0 Å². The number of nitrogens with one attached hydrogen (secondary N) is 1. The third kappa shape index (κ3) is 4.04. The average molecular weight is 452 g/mol. The molecule has 3 aromatic carbocycles. The molecule has 1 N–H and O–H groups in total. The summed E-state index contributed by atoms with van der Waals surface area (Å²) in [5.41, 5.74) is 3.58. The van der Waals surface area contributed by atoms with Gasteiger partial charge in [0.2, 0.25) is 0 Å². The quantitative estimate of drug-likeness (QED) is 0.199. The monoisotopic (exact) mass is 452 g/mol. The van der Waals surface area contributed by atoms with Gasteiger partial charge in [0, 0.05) is 41.3 Å². The molecule has 0 spiro atoms. The molecule has 1 aliphatic heterocycles. The third-order valence-corrected chi connectivity index (χ3v) is 5.74. The van der Waals surface area contributed by atoms with Crippen LogP contribution in [0.4, 0.5) is 10.5 Å². The fraction of sp³-hybridized carbons (Fsp3) is 0.0769. The maximum absolute atomic E-state index is 13.0. The van der Waals surface area contributed by atoms with Crippen LogP contribution in [0.1, 0.15) is 16.7 Å². The predicted octanol–water partition coefficient (Wildman–Crippen LogP) is 4.69. The van der Waals surface area contributed by atoms with Gasteiger partial charge in [0.15, 0.2) is 0 Å². The van der Waals surface area contributed by atoms with Crippen LogP contribution in [0.15, 0.2) is 90.8 Å². The molecule has 0 saturated carbocycles. The minimum atomic E-state index is -0.458. The first-order valence-electron chi connectivity index (χ1n) is 10.7. The van der Waals surface area contributed by atoms with Crippen LogP contribution in [-0.2, 0) is 17.9 Å². The van der Waals surface area contributed by atoms with Crippen LogP contribution in [-0.4, -0.2) is 26.3 Å². The number of nitro groups is 1. The molecule has 4 aromatic rings. The number of nitro benzene ring substituents is 1. The first-order chi connectivity index (χ1) is 16.5. The second-order valence-corrected chi connectivity index (χ2v) is 8.02. The third-order valence-electron chi connectivity index (χ3n) is 5.74. The van der Waals surface area contributed by atoms with E-state index >= 15 is 0 Å². The number of non-ortho nitro benzene ring substituents is 1. The van der Waals surface area contributed by atoms with Gasteiger partial charge < -0.3 is 9.88 Å². The van der Waals surface area contributed by atoms with E-state index < -0.39 is 11.0 Å². The van der Waals surface area contributed by atoms with Gasteiger partial charge in [0.05, 0.1) is 11.5 Å². The molecule has 0 aliphatic carbocycles. The summed E-state index contributed by atoms with van der Waals surface area (Å²) in [5.74, 6) is -0.385. The Kier molecular flexibility index (Phi) is 5.39. The van der Waals surface area contributed by atoms with Gasteiger partial charge in [-0.2, -0.15) is 0 Å². The van der Waals surface area contributed by atoms with Crippen molar-refractivity contribution in [2.45, 2.75) is 13.1 Å². The first-order valence-corrected chi connectivity index (χ1v) is 10.7. The van der Waals surface area contributed by atoms with Crippen LogP contribution in [0, 0.1) is 10.1 Å². The molecule has 1 aromatic heterocycles. The Hall–Kier alpha value is -4.72. The van der Waals surface area contributed by atoms with Crippen molar-refractivity contribution >= 4 is 34.6 Å². The molecule has 5 rings (SSSR count). The zero-order valence-electron chi connectivity index (χ0n) is 18.0. The summed E-state index contributed by atoms with van der Waals surface area (Å²) in [7, 11) is 0. The summed E-state index contributed by atoms with van der Waals surface area (Å²) in [6, 6.07) is 23.1. The molecule has 8 heteroatoms. The number of urea groups is 1. The maximum Gasteiger partial charge on any atom is 0.329 e. The average Bonchev–Trinajstić information content (AvgIpc) is 3.32. The Labute approximate surface area is 194 Å². The van der Waals surface area contributed by atoms with Crippen molar-refractivity contribution in [3.63, 3.8) is 0 Å². The zero-order valence-corrected chi connectivity index (χ0v) is 18.0. The number of amides is 3. The van der Waals surface area contributed by atoms with Crippen LogP contribution >= 0.6 is 0 Å². The highest BCUT2D eigenvalue weighted by molar-refractivity contribution is 6.14. The minimum Gasteiger partial charge on any atom is -0.342 e. The lowest BCUT2D eigenvalue weighted by atomic mass is 10.1. The van der Waals surface area contributed by atoms with Crippen LogP contribution in [0.25, 0.3) is 17.0 Å². The summed E-state index contributed by atoms with van der Waals surface area (Å²) in [6.45, 7) is 0.614. The number of carbonyl (C=O) groups is 2. The molecule has 1 saturated heterocycles. The Morgan fingerprint density at radius 2 is 1.62 bits per heavy atom. The Balaban J connectivity index is 1.46. The highest BCUT2D eigenvalue weighted by Crippen LogP contribution is 2.26. The summed E-state index contributed by atoms with van der Waals surface area (Å²) in [6.07, 6.45) is 3.56. The Morgan fingerprint density at radius 1 is 0.882 bits per heavy atom. The number of nitrogens with zero attached hydrogens (tertiary/aromatic N) is 3. The lowest BCUT2D eigenvalue weighted by Crippen LogP contribution is -2.30. The Morgan fingerprint density at radius 3 is 2.41 bits per heavy atom. The van der Waals surface area contributed by atoms with Gasteiger partial charge in [-0.05, 0) is 23.3 Å². The van der Waals surface area contributed by atoms with Crippen molar-refractivity contribution in [3.8, 4) is 0 Å². The van der Waals surface area contributed by atoms with Crippen molar-refractivity contribution in [1.82, 2.24) is 14.8 Å². The second-order valence-electron chi connectivity index (χ2n) is 8.02. The van der Waals surface area contributed by atoms with E-state index in [1.807, 2.05) is 71.4 Å². The Bertz CT molecular complexity index is 1460. The standard InChI is InChI=1S/C26H20N4O4/c31-25-23(27-26(32)29(25)16-18-7-2-1-3-8-18)14-20-17-28(24-12-5-4-11-22(20)24)15-19-9-6-10-21(13-19)30(33)34/h1-14,17H,15-16H2,(H,27,32)/b23-14+. The van der Waals surface area contributed by atoms with E-state index in [1.54, 1.807) is 18.2 Å². The molecule has 8 nitrogen and oxygen atoms in total. The highest BCUT2D eigenvalue weighted by Gasteiger charge is 2.33. The van der Waals surface area contributed by atoms with Gasteiger partial charge in [0.25, 0.3) is 11.6 Å².